The quantitative estimate of drug-likeness (QED) is 0.612. The summed E-state index contributed by atoms with van der Waals surface area (Å²) >= 11 is 0. The van der Waals surface area contributed by atoms with Crippen LogP contribution in [-0.2, 0) is 38.0 Å². The molecule has 0 amide bonds. The molecule has 1 aliphatic rings. The van der Waals surface area contributed by atoms with Crippen molar-refractivity contribution < 1.29 is 23.0 Å². The Morgan fingerprint density at radius 2 is 1.75 bits per heavy atom. The Labute approximate surface area is 165 Å². The Morgan fingerprint density at radius 1 is 1.07 bits per heavy atom. The second-order valence-corrected chi connectivity index (χ2v) is 9.74. The largest absolute Gasteiger partial charge is 0.352 e. The molecule has 2 aromatic rings. The molecule has 0 heterocycles. The predicted octanol–water partition coefficient (Wildman–Crippen LogP) is 3.29. The first-order valence-corrected chi connectivity index (χ1v) is 10.6. The maximum absolute atomic E-state index is 13.1. The van der Waals surface area contributed by atoms with Gasteiger partial charge in [0.1, 0.15) is 0 Å². The molecule has 1 unspecified atom stereocenters. The third kappa shape index (κ3) is 4.54. The van der Waals surface area contributed by atoms with Gasteiger partial charge in [0.15, 0.2) is 5.75 Å². The minimum absolute atomic E-state index is 0.239. The lowest BCUT2D eigenvalue weighted by Gasteiger charge is -2.23. The zero-order valence-electron chi connectivity index (χ0n) is 16.5. The van der Waals surface area contributed by atoms with Gasteiger partial charge in [-0.2, -0.15) is 0 Å². The monoisotopic (exact) mass is 403 g/mol. The van der Waals surface area contributed by atoms with E-state index in [0.717, 1.165) is 16.7 Å². The van der Waals surface area contributed by atoms with Gasteiger partial charge in [-0.05, 0) is 53.1 Å². The first kappa shape index (κ1) is 20.4. The van der Waals surface area contributed by atoms with E-state index in [0.29, 0.717) is 23.5 Å². The first-order valence-electron chi connectivity index (χ1n) is 9.15. The molecule has 0 radical (unpaired) electrons. The van der Waals surface area contributed by atoms with Gasteiger partial charge in [0.05, 0.1) is 4.90 Å². The number of fused-ring (bicyclic) bond motifs is 1. The number of nitrogens with one attached hydrogen (secondary N) is 1. The summed E-state index contributed by atoms with van der Waals surface area (Å²) in [5, 5.41) is 0. The van der Waals surface area contributed by atoms with Crippen LogP contribution in [0.25, 0.3) is 0 Å². The molecular weight excluding hydrogens is 378 g/mol. The van der Waals surface area contributed by atoms with E-state index < -0.39 is 16.0 Å². The van der Waals surface area contributed by atoms with Gasteiger partial charge in [-0.3, -0.25) is 9.78 Å². The van der Waals surface area contributed by atoms with Crippen molar-refractivity contribution in [2.24, 2.45) is 0 Å². The van der Waals surface area contributed by atoms with E-state index in [1.165, 1.54) is 6.92 Å². The summed E-state index contributed by atoms with van der Waals surface area (Å²) in [6.45, 7) is 7.25. The van der Waals surface area contributed by atoms with Crippen LogP contribution in [0.2, 0.25) is 0 Å². The average molecular weight is 404 g/mol. The summed E-state index contributed by atoms with van der Waals surface area (Å²) in [6.07, 6.45) is 1.14. The molecule has 7 heteroatoms. The van der Waals surface area contributed by atoms with Gasteiger partial charge < -0.3 is 0 Å². The lowest BCUT2D eigenvalue weighted by molar-refractivity contribution is -0.210. The Hall–Kier alpha value is -2.38. The van der Waals surface area contributed by atoms with Gasteiger partial charge in [-0.15, -0.1) is 0 Å². The summed E-state index contributed by atoms with van der Waals surface area (Å²) < 4.78 is 29.0. The number of carbonyl (C=O) groups is 1. The van der Waals surface area contributed by atoms with Crippen molar-refractivity contribution in [2.45, 2.75) is 56.9 Å². The van der Waals surface area contributed by atoms with Crippen molar-refractivity contribution in [3.05, 3.63) is 59.2 Å². The van der Waals surface area contributed by atoms with E-state index in [9.17, 15) is 13.2 Å². The molecule has 0 aromatic heterocycles. The highest BCUT2D eigenvalue weighted by Gasteiger charge is 2.30. The number of hydrogen-bond donors (Lipinski definition) is 1. The number of sulfonamides is 1. The topological polar surface area (TPSA) is 81.7 Å². The molecular formula is C21H25NO5S. The van der Waals surface area contributed by atoms with Gasteiger partial charge in [0.2, 0.25) is 10.0 Å². The third-order valence-corrected chi connectivity index (χ3v) is 6.25. The second kappa shape index (κ2) is 7.56. The van der Waals surface area contributed by atoms with Crippen molar-refractivity contribution in [3.63, 3.8) is 0 Å². The van der Waals surface area contributed by atoms with E-state index in [2.05, 4.69) is 9.61 Å². The summed E-state index contributed by atoms with van der Waals surface area (Å²) in [4.78, 5) is 20.7. The molecule has 0 aliphatic heterocycles. The Morgan fingerprint density at radius 3 is 2.43 bits per heavy atom. The van der Waals surface area contributed by atoms with Crippen molar-refractivity contribution in [1.82, 2.24) is 4.72 Å². The summed E-state index contributed by atoms with van der Waals surface area (Å²) in [5.74, 6) is -0.126. The highest BCUT2D eigenvalue weighted by atomic mass is 32.2. The molecule has 1 atom stereocenters. The number of rotatable bonds is 5. The van der Waals surface area contributed by atoms with E-state index in [1.807, 2.05) is 39.0 Å². The Balaban J connectivity index is 1.77. The van der Waals surface area contributed by atoms with E-state index >= 15 is 0 Å². The van der Waals surface area contributed by atoms with E-state index in [4.69, 9.17) is 4.89 Å². The third-order valence-electron chi connectivity index (χ3n) is 4.67. The normalized spacial score (nSPS) is 16.5. The molecule has 0 fully saturated rings. The Bertz CT molecular complexity index is 992. The van der Waals surface area contributed by atoms with E-state index in [-0.39, 0.29) is 11.5 Å². The smallest absolute Gasteiger partial charge is 0.287 e. The molecule has 0 saturated heterocycles. The van der Waals surface area contributed by atoms with Crippen molar-refractivity contribution in [1.29, 1.82) is 0 Å². The second-order valence-electron chi connectivity index (χ2n) is 8.06. The predicted molar refractivity (Wildman–Crippen MR) is 105 cm³/mol. The fourth-order valence-corrected chi connectivity index (χ4v) is 5.09. The Kier molecular flexibility index (Phi) is 5.50. The molecule has 3 rings (SSSR count). The fourth-order valence-electron chi connectivity index (χ4n) is 3.44. The molecule has 0 saturated carbocycles. The lowest BCUT2D eigenvalue weighted by Crippen LogP contribution is -2.36. The van der Waals surface area contributed by atoms with Crippen LogP contribution in [-0.4, -0.2) is 20.4 Å². The number of hydrogen-bond acceptors (Lipinski definition) is 5. The van der Waals surface area contributed by atoms with Crippen LogP contribution >= 0.6 is 0 Å². The zero-order valence-corrected chi connectivity index (χ0v) is 17.3. The highest BCUT2D eigenvalue weighted by molar-refractivity contribution is 7.89. The minimum atomic E-state index is -3.66. The van der Waals surface area contributed by atoms with Crippen molar-refractivity contribution >= 4 is 16.0 Å². The standard InChI is InChI=1S/C21H25NO5S/c1-14(23)26-27-18-10-9-15-11-17(12-16(15)13-18)22-28(24,25)20-8-6-5-7-19(20)21(2,3)4/h5-10,13,17,22H,11-12H2,1-4H3. The molecule has 1 N–H and O–H groups in total. The molecule has 6 nitrogen and oxygen atoms in total. The first-order chi connectivity index (χ1) is 13.1. The molecule has 150 valence electrons. The van der Waals surface area contributed by atoms with Crippen LogP contribution in [0.5, 0.6) is 5.75 Å². The maximum atomic E-state index is 13.1. The van der Waals surface area contributed by atoms with Crippen LogP contribution in [0, 0.1) is 0 Å². The van der Waals surface area contributed by atoms with Crippen LogP contribution in [0.15, 0.2) is 47.4 Å². The number of carbonyl (C=O) groups excluding carboxylic acids is 1. The van der Waals surface area contributed by atoms with Crippen molar-refractivity contribution in [2.75, 3.05) is 0 Å². The molecule has 0 bridgehead atoms. The molecule has 2 aromatic carbocycles. The van der Waals surface area contributed by atoms with Gasteiger partial charge >= 0.3 is 5.97 Å². The van der Waals surface area contributed by atoms with Crippen LogP contribution < -0.4 is 9.61 Å². The SMILES string of the molecule is CC(=O)OOc1ccc2c(c1)CC(NS(=O)(=O)c1ccccc1C(C)(C)C)C2. The van der Waals surface area contributed by atoms with Crippen molar-refractivity contribution in [3.8, 4) is 5.75 Å². The summed E-state index contributed by atoms with van der Waals surface area (Å²) in [6, 6.07) is 12.2. The van der Waals surface area contributed by atoms with Crippen LogP contribution in [0.3, 0.4) is 0 Å². The molecule has 0 spiro atoms. The van der Waals surface area contributed by atoms with Crippen LogP contribution in [0.4, 0.5) is 0 Å². The van der Waals surface area contributed by atoms with Gasteiger partial charge in [-0.1, -0.05) is 45.0 Å². The summed E-state index contributed by atoms with van der Waals surface area (Å²) in [5.41, 5.74) is 2.52. The average Bonchev–Trinajstić information content (AvgIpc) is 2.99. The van der Waals surface area contributed by atoms with E-state index in [1.54, 1.807) is 24.3 Å². The maximum Gasteiger partial charge on any atom is 0.352 e. The fraction of sp³-hybridized carbons (Fsp3) is 0.381. The van der Waals surface area contributed by atoms with Crippen LogP contribution in [0.1, 0.15) is 44.4 Å². The van der Waals surface area contributed by atoms with Gasteiger partial charge in [0, 0.05) is 13.0 Å². The van der Waals surface area contributed by atoms with Gasteiger partial charge in [-0.25, -0.2) is 17.9 Å². The number of benzene rings is 2. The molecule has 1 aliphatic carbocycles. The highest BCUT2D eigenvalue weighted by Crippen LogP contribution is 2.31. The summed E-state index contributed by atoms with van der Waals surface area (Å²) in [7, 11) is -3.66. The zero-order chi connectivity index (χ0) is 20.5. The minimum Gasteiger partial charge on any atom is -0.287 e. The molecule has 28 heavy (non-hydrogen) atoms. The lowest BCUT2D eigenvalue weighted by atomic mass is 9.87. The van der Waals surface area contributed by atoms with Gasteiger partial charge in [0.25, 0.3) is 0 Å².